The molecule has 1 aromatic carbocycles. The summed E-state index contributed by atoms with van der Waals surface area (Å²) in [6, 6.07) is 3.96. The molecule has 2 rings (SSSR count). The lowest BCUT2D eigenvalue weighted by Crippen LogP contribution is -2.20. The first-order chi connectivity index (χ1) is 6.18. The molecule has 2 nitrogen and oxygen atoms in total. The van der Waals surface area contributed by atoms with Crippen LogP contribution in [0.5, 0.6) is 5.75 Å². The van der Waals surface area contributed by atoms with Crippen molar-refractivity contribution in [2.75, 3.05) is 6.61 Å². The monoisotopic (exact) mass is 197 g/mol. The predicted octanol–water partition coefficient (Wildman–Crippen LogP) is 2.43. The summed E-state index contributed by atoms with van der Waals surface area (Å²) in [5, 5.41) is 0.743. The molecule has 0 saturated carbocycles. The van der Waals surface area contributed by atoms with Crippen molar-refractivity contribution >= 4 is 11.6 Å². The van der Waals surface area contributed by atoms with Crippen molar-refractivity contribution in [1.82, 2.24) is 0 Å². The number of halogens is 1. The lowest BCUT2D eigenvalue weighted by Gasteiger charge is -2.23. The van der Waals surface area contributed by atoms with Gasteiger partial charge in [0.15, 0.2) is 0 Å². The SMILES string of the molecule is Cc1cc2c(cc1Cl)OCC[C@H]2N. The molecule has 1 aliphatic rings. The van der Waals surface area contributed by atoms with Crippen molar-refractivity contribution in [3.8, 4) is 5.75 Å². The minimum absolute atomic E-state index is 0.0970. The smallest absolute Gasteiger partial charge is 0.125 e. The zero-order chi connectivity index (χ0) is 9.42. The lowest BCUT2D eigenvalue weighted by molar-refractivity contribution is 0.269. The van der Waals surface area contributed by atoms with Gasteiger partial charge in [0, 0.05) is 23.0 Å². The highest BCUT2D eigenvalue weighted by atomic mass is 35.5. The second kappa shape index (κ2) is 3.20. The number of fused-ring (bicyclic) bond motifs is 1. The van der Waals surface area contributed by atoms with Crippen molar-refractivity contribution in [2.24, 2.45) is 5.73 Å². The highest BCUT2D eigenvalue weighted by molar-refractivity contribution is 6.31. The Morgan fingerprint density at radius 2 is 2.31 bits per heavy atom. The molecule has 0 saturated heterocycles. The fraction of sp³-hybridized carbons (Fsp3) is 0.400. The van der Waals surface area contributed by atoms with Crippen LogP contribution in [0.2, 0.25) is 5.02 Å². The van der Waals surface area contributed by atoms with Gasteiger partial charge in [0.25, 0.3) is 0 Å². The number of hydrogen-bond donors (Lipinski definition) is 1. The maximum atomic E-state index is 5.97. The highest BCUT2D eigenvalue weighted by Crippen LogP contribution is 2.34. The molecule has 0 aromatic heterocycles. The Bertz CT molecular complexity index is 338. The molecule has 0 aliphatic carbocycles. The van der Waals surface area contributed by atoms with Gasteiger partial charge < -0.3 is 10.5 Å². The van der Waals surface area contributed by atoms with Gasteiger partial charge in [0.2, 0.25) is 0 Å². The molecule has 1 aliphatic heterocycles. The van der Waals surface area contributed by atoms with Gasteiger partial charge in [-0.1, -0.05) is 11.6 Å². The summed E-state index contributed by atoms with van der Waals surface area (Å²) in [7, 11) is 0. The zero-order valence-corrected chi connectivity index (χ0v) is 8.27. The van der Waals surface area contributed by atoms with Crippen LogP contribution in [0.15, 0.2) is 12.1 Å². The van der Waals surface area contributed by atoms with Crippen LogP contribution in [0.3, 0.4) is 0 Å². The molecule has 0 spiro atoms. The van der Waals surface area contributed by atoms with Crippen LogP contribution in [0, 0.1) is 6.92 Å². The molecule has 1 atom stereocenters. The predicted molar refractivity (Wildman–Crippen MR) is 53.2 cm³/mol. The number of rotatable bonds is 0. The van der Waals surface area contributed by atoms with E-state index < -0.39 is 0 Å². The van der Waals surface area contributed by atoms with E-state index in [1.165, 1.54) is 0 Å². The molecule has 1 aromatic rings. The molecule has 0 radical (unpaired) electrons. The molecule has 0 fully saturated rings. The van der Waals surface area contributed by atoms with Gasteiger partial charge in [-0.3, -0.25) is 0 Å². The highest BCUT2D eigenvalue weighted by Gasteiger charge is 2.18. The molecule has 0 bridgehead atoms. The molecular formula is C10H12ClNO. The number of hydrogen-bond acceptors (Lipinski definition) is 2. The number of benzene rings is 1. The van der Waals surface area contributed by atoms with Crippen LogP contribution in [-0.2, 0) is 0 Å². The van der Waals surface area contributed by atoms with Gasteiger partial charge in [0.05, 0.1) is 6.61 Å². The summed E-state index contributed by atoms with van der Waals surface area (Å²) in [5.41, 5.74) is 8.08. The topological polar surface area (TPSA) is 35.2 Å². The summed E-state index contributed by atoms with van der Waals surface area (Å²) in [4.78, 5) is 0. The first kappa shape index (κ1) is 8.85. The summed E-state index contributed by atoms with van der Waals surface area (Å²) in [6.45, 7) is 2.66. The third kappa shape index (κ3) is 1.52. The minimum atomic E-state index is 0.0970. The Labute approximate surface area is 82.6 Å². The van der Waals surface area contributed by atoms with Gasteiger partial charge in [0.1, 0.15) is 5.75 Å². The standard InChI is InChI=1S/C10H12ClNO/c1-6-4-7-9(12)2-3-13-10(7)5-8(6)11/h4-5,9H,2-3,12H2,1H3/t9-/m1/s1. The quantitative estimate of drug-likeness (QED) is 0.694. The van der Waals surface area contributed by atoms with E-state index in [4.69, 9.17) is 22.1 Å². The van der Waals surface area contributed by atoms with Crippen LogP contribution in [-0.4, -0.2) is 6.61 Å². The van der Waals surface area contributed by atoms with E-state index in [-0.39, 0.29) is 6.04 Å². The molecule has 13 heavy (non-hydrogen) atoms. The summed E-state index contributed by atoms with van der Waals surface area (Å²) in [6.07, 6.45) is 0.883. The van der Waals surface area contributed by atoms with Gasteiger partial charge in [-0.25, -0.2) is 0 Å². The first-order valence-corrected chi connectivity index (χ1v) is 4.74. The van der Waals surface area contributed by atoms with E-state index in [9.17, 15) is 0 Å². The van der Waals surface area contributed by atoms with Crippen LogP contribution < -0.4 is 10.5 Å². The van der Waals surface area contributed by atoms with E-state index in [0.717, 1.165) is 28.3 Å². The van der Waals surface area contributed by atoms with Crippen molar-refractivity contribution in [2.45, 2.75) is 19.4 Å². The van der Waals surface area contributed by atoms with E-state index in [1.54, 1.807) is 0 Å². The van der Waals surface area contributed by atoms with E-state index in [0.29, 0.717) is 6.61 Å². The third-order valence-corrected chi connectivity index (χ3v) is 2.78. The average Bonchev–Trinajstić information content (AvgIpc) is 2.09. The zero-order valence-electron chi connectivity index (χ0n) is 7.51. The molecular weight excluding hydrogens is 186 g/mol. The maximum absolute atomic E-state index is 5.97. The Morgan fingerprint density at radius 3 is 3.08 bits per heavy atom. The Morgan fingerprint density at radius 1 is 1.54 bits per heavy atom. The van der Waals surface area contributed by atoms with E-state index in [2.05, 4.69) is 0 Å². The summed E-state index contributed by atoms with van der Waals surface area (Å²) in [5.74, 6) is 0.842. The fourth-order valence-electron chi connectivity index (χ4n) is 1.55. The molecule has 1 heterocycles. The Hall–Kier alpha value is -0.730. The molecule has 70 valence electrons. The third-order valence-electron chi connectivity index (χ3n) is 2.38. The summed E-state index contributed by atoms with van der Waals surface area (Å²) < 4.78 is 5.47. The van der Waals surface area contributed by atoms with Crippen molar-refractivity contribution in [1.29, 1.82) is 0 Å². The van der Waals surface area contributed by atoms with Gasteiger partial charge in [-0.15, -0.1) is 0 Å². The minimum Gasteiger partial charge on any atom is -0.493 e. The normalized spacial score (nSPS) is 20.7. The Kier molecular flexibility index (Phi) is 2.18. The van der Waals surface area contributed by atoms with Crippen LogP contribution in [0.25, 0.3) is 0 Å². The molecule has 0 unspecified atom stereocenters. The Balaban J connectivity index is 2.52. The van der Waals surface area contributed by atoms with Crippen LogP contribution in [0.4, 0.5) is 0 Å². The first-order valence-electron chi connectivity index (χ1n) is 4.37. The van der Waals surface area contributed by atoms with E-state index >= 15 is 0 Å². The second-order valence-electron chi connectivity index (χ2n) is 3.38. The van der Waals surface area contributed by atoms with E-state index in [1.807, 2.05) is 19.1 Å². The van der Waals surface area contributed by atoms with Crippen molar-refractivity contribution < 1.29 is 4.74 Å². The van der Waals surface area contributed by atoms with Crippen molar-refractivity contribution in [3.05, 3.63) is 28.3 Å². The second-order valence-corrected chi connectivity index (χ2v) is 3.79. The molecule has 3 heteroatoms. The summed E-state index contributed by atoms with van der Waals surface area (Å²) >= 11 is 5.97. The average molecular weight is 198 g/mol. The number of nitrogens with two attached hydrogens (primary N) is 1. The van der Waals surface area contributed by atoms with Gasteiger partial charge >= 0.3 is 0 Å². The van der Waals surface area contributed by atoms with Gasteiger partial charge in [-0.2, -0.15) is 0 Å². The maximum Gasteiger partial charge on any atom is 0.125 e. The van der Waals surface area contributed by atoms with Gasteiger partial charge in [-0.05, 0) is 24.6 Å². The number of ether oxygens (including phenoxy) is 1. The largest absolute Gasteiger partial charge is 0.493 e. The lowest BCUT2D eigenvalue weighted by atomic mass is 9.99. The molecule has 0 amide bonds. The van der Waals surface area contributed by atoms with Crippen molar-refractivity contribution in [3.63, 3.8) is 0 Å². The number of aryl methyl sites for hydroxylation is 1. The fourth-order valence-corrected chi connectivity index (χ4v) is 1.71. The van der Waals surface area contributed by atoms with Crippen LogP contribution >= 0.6 is 11.6 Å². The molecule has 2 N–H and O–H groups in total. The van der Waals surface area contributed by atoms with Crippen LogP contribution in [0.1, 0.15) is 23.6 Å².